The monoisotopic (exact) mass is 608 g/mol. The maximum Gasteiger partial charge on any atom is 0.352 e. The van der Waals surface area contributed by atoms with E-state index in [1.807, 2.05) is 52.5 Å². The van der Waals surface area contributed by atoms with Crippen molar-refractivity contribution in [2.24, 2.45) is 4.40 Å². The molecule has 11 heteroatoms. The lowest BCUT2D eigenvalue weighted by molar-refractivity contribution is -0.128. The van der Waals surface area contributed by atoms with Gasteiger partial charge in [-0.25, -0.2) is 4.98 Å². The molecule has 1 atom stereocenters. The van der Waals surface area contributed by atoms with Crippen LogP contribution in [0.25, 0.3) is 5.57 Å². The van der Waals surface area contributed by atoms with E-state index in [0.717, 1.165) is 16.7 Å². The second-order valence-corrected chi connectivity index (χ2v) is 12.5. The number of fused-ring (bicyclic) bond motifs is 1. The van der Waals surface area contributed by atoms with Crippen LogP contribution < -0.4 is 4.31 Å². The normalized spacial score (nSPS) is 19.0. The Kier molecular flexibility index (Phi) is 9.08. The Bertz CT molecular complexity index is 1640. The van der Waals surface area contributed by atoms with Gasteiger partial charge >= 0.3 is 10.2 Å². The van der Waals surface area contributed by atoms with Crippen LogP contribution in [0.5, 0.6) is 0 Å². The zero-order valence-electron chi connectivity index (χ0n) is 24.9. The molecule has 4 rings (SSSR count). The topological polar surface area (TPSA) is 99.1 Å². The van der Waals surface area contributed by atoms with E-state index in [2.05, 4.69) is 22.5 Å². The lowest BCUT2D eigenvalue weighted by atomic mass is 10.0. The molecule has 0 saturated carbocycles. The standard InChI is InChI=1S/C31H37ClN6O3S/c1-9-12-23(20(6)10-2)28-25(32)17-24-30(34-28)38(29-21(7)13-14-33-27(29)19(4)5)42(40,41)35-31(24)37-16-15-36(18-22(37)8)26(39)11-3/h9-14,17,19,22H,1,3,15-16,18H2,2,4-8H3/b20-10-,23-12+. The van der Waals surface area contributed by atoms with Gasteiger partial charge in [-0.2, -0.15) is 12.7 Å². The number of amides is 1. The van der Waals surface area contributed by atoms with Crippen molar-refractivity contribution in [3.8, 4) is 0 Å². The van der Waals surface area contributed by atoms with Gasteiger partial charge in [0.05, 0.1) is 27.7 Å². The van der Waals surface area contributed by atoms with E-state index in [-0.39, 0.29) is 29.5 Å². The summed E-state index contributed by atoms with van der Waals surface area (Å²) in [7, 11) is -4.34. The van der Waals surface area contributed by atoms with Gasteiger partial charge in [0.1, 0.15) is 0 Å². The third kappa shape index (κ3) is 5.65. The molecule has 2 aliphatic heterocycles. The van der Waals surface area contributed by atoms with Crippen LogP contribution in [0.4, 0.5) is 11.5 Å². The maximum absolute atomic E-state index is 14.2. The highest BCUT2D eigenvalue weighted by atomic mass is 35.5. The van der Waals surface area contributed by atoms with Crippen molar-refractivity contribution >= 4 is 50.6 Å². The van der Waals surface area contributed by atoms with Crippen LogP contribution in [0.3, 0.4) is 0 Å². The summed E-state index contributed by atoms with van der Waals surface area (Å²) in [6.07, 6.45) is 8.34. The van der Waals surface area contributed by atoms with Gasteiger partial charge in [-0.1, -0.05) is 56.8 Å². The molecule has 2 aromatic heterocycles. The first-order valence-corrected chi connectivity index (χ1v) is 15.6. The summed E-state index contributed by atoms with van der Waals surface area (Å²) in [5, 5.41) is 0.343. The number of hydrogen-bond acceptors (Lipinski definition) is 6. The van der Waals surface area contributed by atoms with Crippen LogP contribution in [-0.4, -0.2) is 65.6 Å². The van der Waals surface area contributed by atoms with Crippen LogP contribution in [-0.2, 0) is 15.0 Å². The number of halogens is 1. The molecule has 4 heterocycles. The predicted molar refractivity (Wildman–Crippen MR) is 170 cm³/mol. The molecule has 42 heavy (non-hydrogen) atoms. The smallest absolute Gasteiger partial charge is 0.349 e. The number of anilines is 2. The molecule has 0 aliphatic carbocycles. The fraction of sp³-hybridized carbons (Fsp3) is 0.355. The summed E-state index contributed by atoms with van der Waals surface area (Å²) in [6.45, 7) is 20.1. The largest absolute Gasteiger partial charge is 0.352 e. The average molecular weight is 609 g/mol. The van der Waals surface area contributed by atoms with Gasteiger partial charge in [-0.3, -0.25) is 9.78 Å². The number of allylic oxidation sites excluding steroid dienone is 5. The molecular formula is C31H37ClN6O3S. The lowest BCUT2D eigenvalue weighted by Gasteiger charge is -2.43. The molecule has 0 aromatic carbocycles. The molecule has 1 amide bonds. The van der Waals surface area contributed by atoms with Gasteiger partial charge in [-0.05, 0) is 63.0 Å². The molecule has 0 bridgehead atoms. The quantitative estimate of drug-likeness (QED) is 0.296. The Morgan fingerprint density at radius 3 is 2.55 bits per heavy atom. The highest BCUT2D eigenvalue weighted by Crippen LogP contribution is 2.43. The Balaban J connectivity index is 2.02. The number of piperazine rings is 1. The molecule has 1 saturated heterocycles. The number of aryl methyl sites for hydroxylation is 1. The van der Waals surface area contributed by atoms with Gasteiger partial charge in [0.25, 0.3) is 0 Å². The molecule has 9 nitrogen and oxygen atoms in total. The van der Waals surface area contributed by atoms with Crippen LogP contribution in [0, 0.1) is 6.92 Å². The first kappa shape index (κ1) is 31.2. The van der Waals surface area contributed by atoms with Crippen LogP contribution >= 0.6 is 11.6 Å². The highest BCUT2D eigenvalue weighted by molar-refractivity contribution is 7.92. The summed E-state index contributed by atoms with van der Waals surface area (Å²) < 4.78 is 34.0. The van der Waals surface area contributed by atoms with Crippen LogP contribution in [0.2, 0.25) is 5.02 Å². The molecule has 2 aromatic rings. The number of rotatable bonds is 6. The number of amidine groups is 1. The van der Waals surface area contributed by atoms with Crippen molar-refractivity contribution in [1.29, 1.82) is 0 Å². The Morgan fingerprint density at radius 2 is 1.95 bits per heavy atom. The fourth-order valence-corrected chi connectivity index (χ4v) is 6.84. The molecule has 0 radical (unpaired) electrons. The Hall–Kier alpha value is -3.76. The second kappa shape index (κ2) is 12.2. The van der Waals surface area contributed by atoms with Crippen molar-refractivity contribution in [3.05, 3.63) is 88.9 Å². The number of carbonyl (C=O) groups excluding carboxylic acids is 1. The molecular weight excluding hydrogens is 572 g/mol. The average Bonchev–Trinajstić information content (AvgIpc) is 2.95. The first-order chi connectivity index (χ1) is 19.9. The minimum atomic E-state index is -4.34. The summed E-state index contributed by atoms with van der Waals surface area (Å²) >= 11 is 6.91. The van der Waals surface area contributed by atoms with E-state index in [4.69, 9.17) is 16.6 Å². The maximum atomic E-state index is 14.2. The van der Waals surface area contributed by atoms with E-state index >= 15 is 0 Å². The molecule has 222 valence electrons. The van der Waals surface area contributed by atoms with Crippen LogP contribution in [0.1, 0.15) is 63.1 Å². The molecule has 1 fully saturated rings. The third-order valence-electron chi connectivity index (χ3n) is 7.51. The summed E-state index contributed by atoms with van der Waals surface area (Å²) in [4.78, 5) is 25.4. The van der Waals surface area contributed by atoms with Gasteiger partial charge in [0.15, 0.2) is 11.7 Å². The van der Waals surface area contributed by atoms with Gasteiger partial charge < -0.3 is 9.80 Å². The summed E-state index contributed by atoms with van der Waals surface area (Å²) in [5.41, 5.74) is 4.27. The van der Waals surface area contributed by atoms with Crippen molar-refractivity contribution < 1.29 is 13.2 Å². The van der Waals surface area contributed by atoms with Crippen LogP contribution in [0.15, 0.2) is 65.8 Å². The lowest BCUT2D eigenvalue weighted by Crippen LogP contribution is -2.56. The Labute approximate surface area is 253 Å². The van der Waals surface area contributed by atoms with E-state index in [0.29, 0.717) is 47.3 Å². The summed E-state index contributed by atoms with van der Waals surface area (Å²) in [5.74, 6) is 0.181. The third-order valence-corrected chi connectivity index (χ3v) is 9.02. The van der Waals surface area contributed by atoms with E-state index < -0.39 is 10.2 Å². The van der Waals surface area contributed by atoms with Crippen molar-refractivity contribution in [2.45, 2.75) is 53.5 Å². The van der Waals surface area contributed by atoms with E-state index in [1.165, 1.54) is 10.4 Å². The number of pyridine rings is 2. The second-order valence-electron chi connectivity index (χ2n) is 10.7. The molecule has 2 aliphatic rings. The number of aromatic nitrogens is 2. The highest BCUT2D eigenvalue weighted by Gasteiger charge is 2.41. The minimum Gasteiger partial charge on any atom is -0.349 e. The molecule has 1 unspecified atom stereocenters. The SMILES string of the molecule is C=C/C=C(\C(C)=C/C)c1nc2c(cc1Cl)C(N1CCN(C(=O)C=C)CC1C)=NS(=O)(=O)N2c1c(C)ccnc1C(C)C. The van der Waals surface area contributed by atoms with Gasteiger partial charge in [0.2, 0.25) is 5.91 Å². The molecule has 0 spiro atoms. The van der Waals surface area contributed by atoms with Gasteiger partial charge in [-0.15, -0.1) is 4.40 Å². The fourth-order valence-electron chi connectivity index (χ4n) is 5.25. The minimum absolute atomic E-state index is 0.0762. The number of hydrogen-bond donors (Lipinski definition) is 0. The van der Waals surface area contributed by atoms with Gasteiger partial charge in [0, 0.05) is 37.4 Å². The Morgan fingerprint density at radius 1 is 1.24 bits per heavy atom. The van der Waals surface area contributed by atoms with E-state index in [1.54, 1.807) is 35.4 Å². The zero-order valence-corrected chi connectivity index (χ0v) is 26.5. The predicted octanol–water partition coefficient (Wildman–Crippen LogP) is 5.96. The number of nitrogens with zero attached hydrogens (tertiary/aromatic N) is 6. The summed E-state index contributed by atoms with van der Waals surface area (Å²) in [6, 6.07) is 3.27. The first-order valence-electron chi connectivity index (χ1n) is 13.8. The van der Waals surface area contributed by atoms with Crippen molar-refractivity contribution in [2.75, 3.05) is 23.9 Å². The number of carbonyl (C=O) groups is 1. The zero-order chi connectivity index (χ0) is 30.9. The molecule has 0 N–H and O–H groups in total. The van der Waals surface area contributed by atoms with Crippen molar-refractivity contribution in [3.63, 3.8) is 0 Å². The van der Waals surface area contributed by atoms with Crippen molar-refractivity contribution in [1.82, 2.24) is 19.8 Å². The van der Waals surface area contributed by atoms with E-state index in [9.17, 15) is 13.2 Å².